The van der Waals surface area contributed by atoms with E-state index in [1.807, 2.05) is 0 Å². The van der Waals surface area contributed by atoms with Gasteiger partial charge in [0.2, 0.25) is 0 Å². The van der Waals surface area contributed by atoms with E-state index >= 15 is 0 Å². The summed E-state index contributed by atoms with van der Waals surface area (Å²) < 4.78 is 19.0. The van der Waals surface area contributed by atoms with Crippen molar-refractivity contribution in [2.75, 3.05) is 7.11 Å². The zero-order chi connectivity index (χ0) is 12.5. The molecule has 1 aromatic carbocycles. The maximum Gasteiger partial charge on any atom is 0.131 e. The molecular formula is C14H20FNO. The summed E-state index contributed by atoms with van der Waals surface area (Å²) in [7, 11) is 1.53. The minimum Gasteiger partial charge on any atom is -0.497 e. The van der Waals surface area contributed by atoms with Crippen LogP contribution in [0.1, 0.15) is 44.2 Å². The van der Waals surface area contributed by atoms with Crippen LogP contribution in [-0.4, -0.2) is 7.11 Å². The topological polar surface area (TPSA) is 35.2 Å². The smallest absolute Gasteiger partial charge is 0.131 e. The van der Waals surface area contributed by atoms with E-state index in [-0.39, 0.29) is 17.3 Å². The monoisotopic (exact) mass is 237 g/mol. The highest BCUT2D eigenvalue weighted by Crippen LogP contribution is 2.46. The van der Waals surface area contributed by atoms with Gasteiger partial charge in [-0.1, -0.05) is 25.8 Å². The first kappa shape index (κ1) is 12.4. The Balaban J connectivity index is 2.27. The van der Waals surface area contributed by atoms with E-state index < -0.39 is 0 Å². The molecule has 0 amide bonds. The number of hydrogen-bond acceptors (Lipinski definition) is 2. The van der Waals surface area contributed by atoms with Gasteiger partial charge in [0.25, 0.3) is 0 Å². The number of benzene rings is 1. The molecule has 0 aliphatic heterocycles. The maximum absolute atomic E-state index is 14.0. The van der Waals surface area contributed by atoms with E-state index in [1.165, 1.54) is 26.0 Å². The molecule has 3 heteroatoms. The second-order valence-electron chi connectivity index (χ2n) is 5.23. The van der Waals surface area contributed by atoms with Crippen molar-refractivity contribution in [3.05, 3.63) is 29.6 Å². The molecule has 0 bridgehead atoms. The third-order valence-corrected chi connectivity index (χ3v) is 4.04. The number of halogens is 1. The molecule has 1 aromatic rings. The lowest BCUT2D eigenvalue weighted by Gasteiger charge is -2.31. The highest BCUT2D eigenvalue weighted by atomic mass is 19.1. The van der Waals surface area contributed by atoms with Gasteiger partial charge in [-0.15, -0.1) is 0 Å². The lowest BCUT2D eigenvalue weighted by molar-refractivity contribution is 0.260. The molecule has 1 atom stereocenters. The van der Waals surface area contributed by atoms with E-state index in [2.05, 4.69) is 6.92 Å². The van der Waals surface area contributed by atoms with Crippen molar-refractivity contribution in [3.63, 3.8) is 0 Å². The molecule has 0 saturated heterocycles. The minimum atomic E-state index is -0.259. The summed E-state index contributed by atoms with van der Waals surface area (Å²) in [6.07, 6.45) is 4.56. The molecule has 0 spiro atoms. The average molecular weight is 237 g/mol. The first-order valence-corrected chi connectivity index (χ1v) is 6.16. The molecule has 1 aliphatic carbocycles. The summed E-state index contributed by atoms with van der Waals surface area (Å²) in [6, 6.07) is 4.71. The van der Waals surface area contributed by atoms with Crippen LogP contribution in [0.3, 0.4) is 0 Å². The van der Waals surface area contributed by atoms with E-state index in [1.54, 1.807) is 12.1 Å². The predicted octanol–water partition coefficient (Wildman–Crippen LogP) is 3.41. The van der Waals surface area contributed by atoms with Crippen LogP contribution in [-0.2, 0) is 0 Å². The Bertz CT molecular complexity index is 399. The Kier molecular flexibility index (Phi) is 3.38. The van der Waals surface area contributed by atoms with Crippen LogP contribution < -0.4 is 10.5 Å². The second kappa shape index (κ2) is 4.65. The largest absolute Gasteiger partial charge is 0.497 e. The van der Waals surface area contributed by atoms with Gasteiger partial charge in [-0.3, -0.25) is 0 Å². The molecule has 0 heterocycles. The number of ether oxygens (including phenoxy) is 1. The van der Waals surface area contributed by atoms with Gasteiger partial charge in [-0.25, -0.2) is 4.39 Å². The van der Waals surface area contributed by atoms with Crippen LogP contribution >= 0.6 is 0 Å². The predicted molar refractivity (Wildman–Crippen MR) is 66.5 cm³/mol. The molecule has 2 N–H and O–H groups in total. The summed E-state index contributed by atoms with van der Waals surface area (Å²) in [5.41, 5.74) is 6.89. The van der Waals surface area contributed by atoms with Crippen LogP contribution in [0.25, 0.3) is 0 Å². The first-order valence-electron chi connectivity index (χ1n) is 6.16. The lowest BCUT2D eigenvalue weighted by atomic mass is 9.77. The van der Waals surface area contributed by atoms with Crippen molar-refractivity contribution in [2.45, 2.75) is 38.6 Å². The normalized spacial score (nSPS) is 20.2. The van der Waals surface area contributed by atoms with Crippen LogP contribution in [0.5, 0.6) is 5.75 Å². The fourth-order valence-corrected chi connectivity index (χ4v) is 2.76. The van der Waals surface area contributed by atoms with E-state index in [0.717, 1.165) is 12.8 Å². The van der Waals surface area contributed by atoms with Gasteiger partial charge >= 0.3 is 0 Å². The van der Waals surface area contributed by atoms with Crippen molar-refractivity contribution in [2.24, 2.45) is 11.1 Å². The fourth-order valence-electron chi connectivity index (χ4n) is 2.76. The standard InChI is InChI=1S/C14H20FNO/c1-14(7-3-4-8-14)13(16)11-6-5-10(17-2)9-12(11)15/h5-6,9,13H,3-4,7-8,16H2,1-2H3. The summed E-state index contributed by atoms with van der Waals surface area (Å²) in [4.78, 5) is 0. The summed E-state index contributed by atoms with van der Waals surface area (Å²) >= 11 is 0. The van der Waals surface area contributed by atoms with Gasteiger partial charge in [0.15, 0.2) is 0 Å². The zero-order valence-electron chi connectivity index (χ0n) is 10.5. The SMILES string of the molecule is COc1ccc(C(N)C2(C)CCCC2)c(F)c1. The molecule has 0 radical (unpaired) electrons. The van der Waals surface area contributed by atoms with Gasteiger partial charge in [-0.05, 0) is 24.3 Å². The molecular weight excluding hydrogens is 217 g/mol. The van der Waals surface area contributed by atoms with Gasteiger partial charge < -0.3 is 10.5 Å². The third kappa shape index (κ3) is 2.29. The van der Waals surface area contributed by atoms with Crippen LogP contribution in [0.15, 0.2) is 18.2 Å². The highest BCUT2D eigenvalue weighted by Gasteiger charge is 2.36. The van der Waals surface area contributed by atoms with Crippen LogP contribution in [0.4, 0.5) is 4.39 Å². The van der Waals surface area contributed by atoms with Crippen LogP contribution in [0.2, 0.25) is 0 Å². The Morgan fingerprint density at radius 3 is 2.53 bits per heavy atom. The number of methoxy groups -OCH3 is 1. The lowest BCUT2D eigenvalue weighted by Crippen LogP contribution is -2.30. The maximum atomic E-state index is 14.0. The molecule has 0 aromatic heterocycles. The fraction of sp³-hybridized carbons (Fsp3) is 0.571. The van der Waals surface area contributed by atoms with Crippen molar-refractivity contribution in [1.82, 2.24) is 0 Å². The number of rotatable bonds is 3. The van der Waals surface area contributed by atoms with Crippen molar-refractivity contribution in [1.29, 1.82) is 0 Å². The highest BCUT2D eigenvalue weighted by molar-refractivity contribution is 5.31. The van der Waals surface area contributed by atoms with Gasteiger partial charge in [-0.2, -0.15) is 0 Å². The molecule has 1 saturated carbocycles. The van der Waals surface area contributed by atoms with Gasteiger partial charge in [0, 0.05) is 17.7 Å². The number of nitrogens with two attached hydrogens (primary N) is 1. The second-order valence-corrected chi connectivity index (χ2v) is 5.23. The Morgan fingerprint density at radius 1 is 1.35 bits per heavy atom. The Labute approximate surface area is 102 Å². The summed E-state index contributed by atoms with van der Waals surface area (Å²) in [5, 5.41) is 0. The van der Waals surface area contributed by atoms with Gasteiger partial charge in [0.05, 0.1) is 7.11 Å². The third-order valence-electron chi connectivity index (χ3n) is 4.04. The summed E-state index contributed by atoms with van der Waals surface area (Å²) in [6.45, 7) is 2.16. The molecule has 2 nitrogen and oxygen atoms in total. The van der Waals surface area contributed by atoms with Crippen molar-refractivity contribution < 1.29 is 9.13 Å². The van der Waals surface area contributed by atoms with Crippen molar-refractivity contribution in [3.8, 4) is 5.75 Å². The van der Waals surface area contributed by atoms with Crippen molar-refractivity contribution >= 4 is 0 Å². The molecule has 17 heavy (non-hydrogen) atoms. The van der Waals surface area contributed by atoms with Gasteiger partial charge in [0.1, 0.15) is 11.6 Å². The van der Waals surface area contributed by atoms with E-state index in [4.69, 9.17) is 10.5 Å². The Hall–Kier alpha value is -1.09. The van der Waals surface area contributed by atoms with E-state index in [0.29, 0.717) is 11.3 Å². The molecule has 94 valence electrons. The molecule has 2 rings (SSSR count). The molecule has 1 fully saturated rings. The molecule has 1 aliphatic rings. The summed E-state index contributed by atoms with van der Waals surface area (Å²) in [5.74, 6) is 0.278. The zero-order valence-corrected chi connectivity index (χ0v) is 10.5. The quantitative estimate of drug-likeness (QED) is 0.874. The first-order chi connectivity index (χ1) is 8.07. The number of hydrogen-bond donors (Lipinski definition) is 1. The minimum absolute atomic E-state index is 0.0371. The van der Waals surface area contributed by atoms with E-state index in [9.17, 15) is 4.39 Å². The Morgan fingerprint density at radius 2 is 2.00 bits per heavy atom. The molecule has 1 unspecified atom stereocenters. The van der Waals surface area contributed by atoms with Crippen LogP contribution in [0, 0.1) is 11.2 Å². The average Bonchev–Trinajstić information content (AvgIpc) is 2.76.